The largest absolute Gasteiger partial charge is 0.353 e. The Balaban J connectivity index is 1.58. The summed E-state index contributed by atoms with van der Waals surface area (Å²) in [6.07, 6.45) is 0.705. The van der Waals surface area contributed by atoms with Crippen LogP contribution in [0.3, 0.4) is 0 Å². The molecule has 0 saturated heterocycles. The van der Waals surface area contributed by atoms with Crippen LogP contribution in [-0.4, -0.2) is 19.0 Å². The molecule has 1 saturated carbocycles. The van der Waals surface area contributed by atoms with Crippen molar-refractivity contribution in [2.45, 2.75) is 24.9 Å². The molecule has 22 heavy (non-hydrogen) atoms. The quantitative estimate of drug-likeness (QED) is 0.670. The number of guanidine groups is 1. The third-order valence-electron chi connectivity index (χ3n) is 3.75. The van der Waals surface area contributed by atoms with E-state index in [1.165, 1.54) is 23.8 Å². The lowest BCUT2D eigenvalue weighted by Gasteiger charge is -2.11. The molecule has 0 bridgehead atoms. The van der Waals surface area contributed by atoms with E-state index in [1.807, 2.05) is 11.4 Å². The number of hydrogen-bond acceptors (Lipinski definition) is 2. The zero-order valence-corrected chi connectivity index (χ0v) is 13.0. The lowest BCUT2D eigenvalue weighted by Crippen LogP contribution is -2.38. The zero-order valence-electron chi connectivity index (χ0n) is 12.1. The van der Waals surface area contributed by atoms with Crippen LogP contribution in [0.4, 0.5) is 8.78 Å². The summed E-state index contributed by atoms with van der Waals surface area (Å²) in [5.41, 5.74) is 1.36. The lowest BCUT2D eigenvalue weighted by atomic mass is 10.1. The Bertz CT molecular complexity index is 650. The Morgan fingerprint density at radius 3 is 2.73 bits per heavy atom. The van der Waals surface area contributed by atoms with Crippen molar-refractivity contribution in [2.75, 3.05) is 7.05 Å². The van der Waals surface area contributed by atoms with E-state index in [9.17, 15) is 8.78 Å². The number of nitrogens with zero attached hydrogens (tertiary/aromatic N) is 1. The van der Waals surface area contributed by atoms with Crippen molar-refractivity contribution < 1.29 is 8.78 Å². The molecule has 2 atom stereocenters. The highest BCUT2D eigenvalue weighted by molar-refractivity contribution is 7.07. The number of aliphatic imine (C=N–C) groups is 1. The summed E-state index contributed by atoms with van der Waals surface area (Å²) in [5, 5.41) is 10.5. The average molecular weight is 321 g/mol. The topological polar surface area (TPSA) is 36.4 Å². The second-order valence-corrected chi connectivity index (χ2v) is 6.07. The Kier molecular flexibility index (Phi) is 4.38. The summed E-state index contributed by atoms with van der Waals surface area (Å²) < 4.78 is 27.5. The molecule has 3 rings (SSSR count). The van der Waals surface area contributed by atoms with Gasteiger partial charge in [0.05, 0.1) is 0 Å². The number of rotatable bonds is 4. The molecule has 0 aliphatic heterocycles. The molecule has 3 nitrogen and oxygen atoms in total. The van der Waals surface area contributed by atoms with Crippen molar-refractivity contribution in [1.82, 2.24) is 10.6 Å². The van der Waals surface area contributed by atoms with Gasteiger partial charge in [-0.1, -0.05) is 6.07 Å². The first-order chi connectivity index (χ1) is 10.7. The second kappa shape index (κ2) is 6.44. The third kappa shape index (κ3) is 3.27. The van der Waals surface area contributed by atoms with Crippen LogP contribution in [0.15, 0.2) is 40.0 Å². The van der Waals surface area contributed by atoms with Crippen LogP contribution in [0.25, 0.3) is 0 Å². The van der Waals surface area contributed by atoms with Gasteiger partial charge in [-0.3, -0.25) is 4.99 Å². The summed E-state index contributed by atoms with van der Waals surface area (Å²) in [6, 6.07) is 6.05. The molecule has 0 amide bonds. The van der Waals surface area contributed by atoms with E-state index < -0.39 is 11.6 Å². The van der Waals surface area contributed by atoms with Crippen molar-refractivity contribution in [3.63, 3.8) is 0 Å². The highest BCUT2D eigenvalue weighted by atomic mass is 32.1. The maximum Gasteiger partial charge on any atom is 0.191 e. The standard InChI is InChI=1S/C16H17F2N3S/c1-19-16(20-8-10-5-6-22-9-10)21-14-7-11(14)15-12(17)3-2-4-13(15)18/h2-6,9,11,14H,7-8H2,1H3,(H2,19,20,21). The Hall–Kier alpha value is -1.95. The summed E-state index contributed by atoms with van der Waals surface area (Å²) in [6.45, 7) is 0.675. The Labute approximate surface area is 132 Å². The van der Waals surface area contributed by atoms with E-state index in [0.29, 0.717) is 18.9 Å². The predicted molar refractivity (Wildman–Crippen MR) is 85.2 cm³/mol. The van der Waals surface area contributed by atoms with E-state index in [-0.39, 0.29) is 17.5 Å². The number of hydrogen-bond donors (Lipinski definition) is 2. The van der Waals surface area contributed by atoms with E-state index >= 15 is 0 Å². The van der Waals surface area contributed by atoms with Gasteiger partial charge in [0.15, 0.2) is 5.96 Å². The fraction of sp³-hybridized carbons (Fsp3) is 0.312. The summed E-state index contributed by atoms with van der Waals surface area (Å²) in [4.78, 5) is 4.15. The molecule has 0 radical (unpaired) electrons. The van der Waals surface area contributed by atoms with Gasteiger partial charge in [-0.15, -0.1) is 0 Å². The van der Waals surface area contributed by atoms with Crippen molar-refractivity contribution in [3.05, 3.63) is 57.8 Å². The van der Waals surface area contributed by atoms with Gasteiger partial charge in [0.2, 0.25) is 0 Å². The predicted octanol–water partition coefficient (Wildman–Crippen LogP) is 3.25. The summed E-state index contributed by atoms with van der Waals surface area (Å²) >= 11 is 1.64. The van der Waals surface area contributed by atoms with E-state index in [1.54, 1.807) is 18.4 Å². The summed E-state index contributed by atoms with van der Waals surface area (Å²) in [5.74, 6) is -0.442. The molecule has 1 aromatic heterocycles. The molecule has 116 valence electrons. The smallest absolute Gasteiger partial charge is 0.191 e. The molecule has 2 unspecified atom stereocenters. The van der Waals surface area contributed by atoms with Crippen molar-refractivity contribution in [1.29, 1.82) is 0 Å². The number of halogens is 2. The van der Waals surface area contributed by atoms with Crippen LogP contribution in [0.1, 0.15) is 23.5 Å². The average Bonchev–Trinajstić information content (AvgIpc) is 3.04. The molecule has 2 aromatic rings. The minimum Gasteiger partial charge on any atom is -0.353 e. The van der Waals surface area contributed by atoms with Crippen LogP contribution < -0.4 is 10.6 Å². The molecule has 2 N–H and O–H groups in total. The molecule has 1 aliphatic carbocycles. The number of thiophene rings is 1. The molecule has 6 heteroatoms. The summed E-state index contributed by atoms with van der Waals surface area (Å²) in [7, 11) is 1.68. The van der Waals surface area contributed by atoms with Gasteiger partial charge in [-0.2, -0.15) is 11.3 Å². The molecular formula is C16H17F2N3S. The van der Waals surface area contributed by atoms with E-state index in [2.05, 4.69) is 21.0 Å². The first-order valence-corrected chi connectivity index (χ1v) is 8.05. The second-order valence-electron chi connectivity index (χ2n) is 5.29. The molecule has 1 aromatic carbocycles. The Morgan fingerprint density at radius 1 is 1.32 bits per heavy atom. The first-order valence-electron chi connectivity index (χ1n) is 7.11. The van der Waals surface area contributed by atoms with Gasteiger partial charge < -0.3 is 10.6 Å². The minimum absolute atomic E-state index is 0.0140. The first kappa shape index (κ1) is 15.0. The monoisotopic (exact) mass is 321 g/mol. The zero-order chi connectivity index (χ0) is 15.5. The van der Waals surface area contributed by atoms with Crippen LogP contribution in [0.2, 0.25) is 0 Å². The highest BCUT2D eigenvalue weighted by Crippen LogP contribution is 2.42. The molecule has 1 fully saturated rings. The molecule has 0 spiro atoms. The Morgan fingerprint density at radius 2 is 2.09 bits per heavy atom. The molecule has 1 heterocycles. The minimum atomic E-state index is -0.476. The highest BCUT2D eigenvalue weighted by Gasteiger charge is 2.42. The normalized spacial score (nSPS) is 20.8. The fourth-order valence-corrected chi connectivity index (χ4v) is 3.16. The van der Waals surface area contributed by atoms with E-state index in [0.717, 1.165) is 0 Å². The van der Waals surface area contributed by atoms with Gasteiger partial charge in [-0.25, -0.2) is 8.78 Å². The maximum absolute atomic E-state index is 13.8. The molecule has 1 aliphatic rings. The van der Waals surface area contributed by atoms with Gasteiger partial charge in [0.25, 0.3) is 0 Å². The van der Waals surface area contributed by atoms with Crippen LogP contribution >= 0.6 is 11.3 Å². The van der Waals surface area contributed by atoms with Gasteiger partial charge in [0.1, 0.15) is 11.6 Å². The molecular weight excluding hydrogens is 304 g/mol. The third-order valence-corrected chi connectivity index (χ3v) is 4.48. The van der Waals surface area contributed by atoms with Crippen LogP contribution in [0, 0.1) is 11.6 Å². The van der Waals surface area contributed by atoms with Crippen molar-refractivity contribution in [2.24, 2.45) is 4.99 Å². The fourth-order valence-electron chi connectivity index (χ4n) is 2.49. The van der Waals surface area contributed by atoms with Crippen molar-refractivity contribution >= 4 is 17.3 Å². The van der Waals surface area contributed by atoms with Crippen LogP contribution in [0.5, 0.6) is 0 Å². The van der Waals surface area contributed by atoms with E-state index in [4.69, 9.17) is 0 Å². The maximum atomic E-state index is 13.8. The van der Waals surface area contributed by atoms with Crippen molar-refractivity contribution in [3.8, 4) is 0 Å². The van der Waals surface area contributed by atoms with Crippen LogP contribution in [-0.2, 0) is 6.54 Å². The number of nitrogens with one attached hydrogen (secondary N) is 2. The van der Waals surface area contributed by atoms with Gasteiger partial charge in [-0.05, 0) is 40.9 Å². The SMILES string of the molecule is CN=C(NCc1ccsc1)NC1CC1c1c(F)cccc1F. The number of benzene rings is 1. The van der Waals surface area contributed by atoms with Gasteiger partial charge in [0, 0.05) is 31.1 Å². The van der Waals surface area contributed by atoms with Gasteiger partial charge >= 0.3 is 0 Å². The lowest BCUT2D eigenvalue weighted by molar-refractivity contribution is 0.553.